The van der Waals surface area contributed by atoms with Crippen LogP contribution in [0.4, 0.5) is 5.95 Å². The largest absolute Gasteiger partial charge is 0.497 e. The zero-order chi connectivity index (χ0) is 14.5. The number of hydrogen-bond donors (Lipinski definition) is 1. The van der Waals surface area contributed by atoms with Crippen LogP contribution in [0.25, 0.3) is 5.65 Å². The van der Waals surface area contributed by atoms with Crippen molar-refractivity contribution in [1.29, 1.82) is 0 Å². The van der Waals surface area contributed by atoms with Gasteiger partial charge in [0.05, 0.1) is 7.11 Å². The molecule has 21 heavy (non-hydrogen) atoms. The van der Waals surface area contributed by atoms with Gasteiger partial charge in [0.15, 0.2) is 0 Å². The standard InChI is InChI=1S/C16H18N4O/c1-21-14-6-2-4-13(12-14)5-3-8-18-16-19-9-7-15-17-10-11-20(15)16/h2,4,6-7,9-12H,3,5,8H2,1H3,(H,18,19). The molecule has 0 unspecified atom stereocenters. The third-order valence-electron chi connectivity index (χ3n) is 3.38. The summed E-state index contributed by atoms with van der Waals surface area (Å²) in [6.45, 7) is 0.863. The van der Waals surface area contributed by atoms with Crippen molar-refractivity contribution in [3.63, 3.8) is 0 Å². The first kappa shape index (κ1) is 13.4. The molecule has 5 heteroatoms. The summed E-state index contributed by atoms with van der Waals surface area (Å²) in [4.78, 5) is 8.59. The van der Waals surface area contributed by atoms with Crippen molar-refractivity contribution in [2.75, 3.05) is 19.0 Å². The molecule has 0 spiro atoms. The molecule has 2 aromatic heterocycles. The fourth-order valence-electron chi connectivity index (χ4n) is 2.31. The maximum atomic E-state index is 5.23. The van der Waals surface area contributed by atoms with Gasteiger partial charge in [-0.1, -0.05) is 12.1 Å². The van der Waals surface area contributed by atoms with Gasteiger partial charge >= 0.3 is 0 Å². The van der Waals surface area contributed by atoms with E-state index in [1.165, 1.54) is 5.56 Å². The topological polar surface area (TPSA) is 51.5 Å². The Morgan fingerprint density at radius 2 is 2.14 bits per heavy atom. The second-order valence-electron chi connectivity index (χ2n) is 4.81. The molecule has 3 aromatic rings. The predicted molar refractivity (Wildman–Crippen MR) is 82.8 cm³/mol. The van der Waals surface area contributed by atoms with Crippen LogP contribution in [0.3, 0.4) is 0 Å². The number of hydrogen-bond acceptors (Lipinski definition) is 4. The first-order valence-corrected chi connectivity index (χ1v) is 7.02. The Balaban J connectivity index is 1.55. The van der Waals surface area contributed by atoms with E-state index in [9.17, 15) is 0 Å². The molecular weight excluding hydrogens is 264 g/mol. The van der Waals surface area contributed by atoms with Gasteiger partial charge in [0, 0.05) is 25.1 Å². The molecule has 1 N–H and O–H groups in total. The third kappa shape index (κ3) is 3.13. The van der Waals surface area contributed by atoms with E-state index in [1.807, 2.05) is 28.8 Å². The number of ether oxygens (including phenoxy) is 1. The van der Waals surface area contributed by atoms with Crippen LogP contribution < -0.4 is 10.1 Å². The van der Waals surface area contributed by atoms with Crippen molar-refractivity contribution in [2.45, 2.75) is 12.8 Å². The van der Waals surface area contributed by atoms with Gasteiger partial charge in [-0.3, -0.25) is 4.40 Å². The summed E-state index contributed by atoms with van der Waals surface area (Å²) in [6, 6.07) is 10.1. The average Bonchev–Trinajstić information content (AvgIpc) is 3.01. The summed E-state index contributed by atoms with van der Waals surface area (Å²) in [5, 5.41) is 3.35. The molecular formula is C16H18N4O. The van der Waals surface area contributed by atoms with E-state index < -0.39 is 0 Å². The highest BCUT2D eigenvalue weighted by Crippen LogP contribution is 2.14. The number of rotatable bonds is 6. The Kier molecular flexibility index (Phi) is 4.00. The fraction of sp³-hybridized carbons (Fsp3) is 0.250. The lowest BCUT2D eigenvalue weighted by Crippen LogP contribution is -2.08. The lowest BCUT2D eigenvalue weighted by molar-refractivity contribution is 0.414. The SMILES string of the molecule is COc1cccc(CCCNc2nccc3nccn23)c1. The maximum absolute atomic E-state index is 5.23. The first-order valence-electron chi connectivity index (χ1n) is 7.02. The minimum atomic E-state index is 0.829. The number of aromatic nitrogens is 3. The predicted octanol–water partition coefficient (Wildman–Crippen LogP) is 2.78. The number of aryl methyl sites for hydroxylation is 1. The van der Waals surface area contributed by atoms with Crippen molar-refractivity contribution >= 4 is 11.6 Å². The van der Waals surface area contributed by atoms with Crippen LogP contribution in [-0.4, -0.2) is 28.0 Å². The van der Waals surface area contributed by atoms with Crippen LogP contribution in [0.15, 0.2) is 48.9 Å². The number of anilines is 1. The van der Waals surface area contributed by atoms with E-state index in [1.54, 1.807) is 19.5 Å². The van der Waals surface area contributed by atoms with Crippen LogP contribution in [-0.2, 0) is 6.42 Å². The number of methoxy groups -OCH3 is 1. The molecule has 0 saturated heterocycles. The second kappa shape index (κ2) is 6.26. The summed E-state index contributed by atoms with van der Waals surface area (Å²) in [5.74, 6) is 1.74. The van der Waals surface area contributed by atoms with Crippen molar-refractivity contribution < 1.29 is 4.74 Å². The summed E-state index contributed by atoms with van der Waals surface area (Å²) < 4.78 is 7.18. The van der Waals surface area contributed by atoms with Crippen LogP contribution >= 0.6 is 0 Å². The number of nitrogens with one attached hydrogen (secondary N) is 1. The summed E-state index contributed by atoms with van der Waals surface area (Å²) in [6.07, 6.45) is 7.49. The van der Waals surface area contributed by atoms with Gasteiger partial charge in [0.2, 0.25) is 5.95 Å². The van der Waals surface area contributed by atoms with E-state index in [0.717, 1.165) is 36.7 Å². The van der Waals surface area contributed by atoms with Gasteiger partial charge in [0.25, 0.3) is 0 Å². The van der Waals surface area contributed by atoms with E-state index in [4.69, 9.17) is 4.74 Å². The number of nitrogens with zero attached hydrogens (tertiary/aromatic N) is 3. The molecule has 0 aliphatic carbocycles. The second-order valence-corrected chi connectivity index (χ2v) is 4.81. The molecule has 0 saturated carbocycles. The Hall–Kier alpha value is -2.56. The minimum absolute atomic E-state index is 0.829. The highest BCUT2D eigenvalue weighted by atomic mass is 16.5. The zero-order valence-electron chi connectivity index (χ0n) is 12.0. The van der Waals surface area contributed by atoms with Crippen LogP contribution in [0, 0.1) is 0 Å². The molecule has 0 amide bonds. The molecule has 108 valence electrons. The average molecular weight is 282 g/mol. The van der Waals surface area contributed by atoms with Crippen molar-refractivity contribution in [1.82, 2.24) is 14.4 Å². The lowest BCUT2D eigenvalue weighted by atomic mass is 10.1. The first-order chi connectivity index (χ1) is 10.4. The number of fused-ring (bicyclic) bond motifs is 1. The van der Waals surface area contributed by atoms with Crippen LogP contribution in [0.5, 0.6) is 5.75 Å². The molecule has 2 heterocycles. The molecule has 5 nitrogen and oxygen atoms in total. The van der Waals surface area contributed by atoms with Gasteiger partial charge in [-0.05, 0) is 36.6 Å². The normalized spacial score (nSPS) is 10.7. The Labute approximate surface area is 123 Å². The van der Waals surface area contributed by atoms with Gasteiger partial charge in [0.1, 0.15) is 11.4 Å². The van der Waals surface area contributed by atoms with Gasteiger partial charge < -0.3 is 10.1 Å². The van der Waals surface area contributed by atoms with Crippen molar-refractivity contribution in [2.24, 2.45) is 0 Å². The van der Waals surface area contributed by atoms with E-state index in [2.05, 4.69) is 27.4 Å². The summed E-state index contributed by atoms with van der Waals surface area (Å²) in [7, 11) is 1.69. The minimum Gasteiger partial charge on any atom is -0.497 e. The summed E-state index contributed by atoms with van der Waals surface area (Å²) >= 11 is 0. The molecule has 1 aromatic carbocycles. The highest BCUT2D eigenvalue weighted by Gasteiger charge is 2.01. The van der Waals surface area contributed by atoms with Gasteiger partial charge in [-0.25, -0.2) is 9.97 Å². The number of imidazole rings is 1. The van der Waals surface area contributed by atoms with Crippen molar-refractivity contribution in [3.8, 4) is 5.75 Å². The Bertz CT molecular complexity index is 723. The fourth-order valence-corrected chi connectivity index (χ4v) is 2.31. The maximum Gasteiger partial charge on any atom is 0.208 e. The van der Waals surface area contributed by atoms with E-state index in [-0.39, 0.29) is 0 Å². The van der Waals surface area contributed by atoms with Gasteiger partial charge in [-0.2, -0.15) is 0 Å². The highest BCUT2D eigenvalue weighted by molar-refractivity contribution is 5.44. The van der Waals surface area contributed by atoms with Crippen molar-refractivity contribution in [3.05, 3.63) is 54.5 Å². The molecule has 0 bridgehead atoms. The molecule has 0 aliphatic heterocycles. The molecule has 0 aliphatic rings. The number of benzene rings is 1. The zero-order valence-corrected chi connectivity index (χ0v) is 12.0. The van der Waals surface area contributed by atoms with Gasteiger partial charge in [-0.15, -0.1) is 0 Å². The Morgan fingerprint density at radius 3 is 3.05 bits per heavy atom. The molecule has 0 fully saturated rings. The monoisotopic (exact) mass is 282 g/mol. The quantitative estimate of drug-likeness (QED) is 0.706. The van der Waals surface area contributed by atoms with E-state index in [0.29, 0.717) is 0 Å². The molecule has 0 atom stereocenters. The summed E-state index contributed by atoms with van der Waals surface area (Å²) in [5.41, 5.74) is 2.19. The van der Waals surface area contributed by atoms with Crippen LogP contribution in [0.2, 0.25) is 0 Å². The lowest BCUT2D eigenvalue weighted by Gasteiger charge is -2.08. The van der Waals surface area contributed by atoms with E-state index >= 15 is 0 Å². The molecule has 0 radical (unpaired) electrons. The van der Waals surface area contributed by atoms with Crippen LogP contribution in [0.1, 0.15) is 12.0 Å². The smallest absolute Gasteiger partial charge is 0.208 e. The third-order valence-corrected chi connectivity index (χ3v) is 3.38. The molecule has 3 rings (SSSR count). The Morgan fingerprint density at radius 1 is 1.19 bits per heavy atom.